The van der Waals surface area contributed by atoms with Gasteiger partial charge in [0.05, 0.1) is 14.2 Å². The summed E-state index contributed by atoms with van der Waals surface area (Å²) in [5.41, 5.74) is -2.47. The van der Waals surface area contributed by atoms with Crippen molar-refractivity contribution in [1.29, 1.82) is 0 Å². The van der Waals surface area contributed by atoms with Crippen LogP contribution in [-0.4, -0.2) is 56.1 Å². The van der Waals surface area contributed by atoms with Gasteiger partial charge in [-0.15, -0.1) is 10.2 Å². The summed E-state index contributed by atoms with van der Waals surface area (Å²) in [7, 11) is 2.60. The Kier molecular flexibility index (Phi) is 6.41. The van der Waals surface area contributed by atoms with E-state index in [9.17, 15) is 26.7 Å². The molecule has 4 atom stereocenters. The zero-order chi connectivity index (χ0) is 26.4. The number of hydrogen-bond donors (Lipinski definition) is 1. The van der Waals surface area contributed by atoms with Gasteiger partial charge in [-0.3, -0.25) is 9.78 Å². The number of methoxy groups -OCH3 is 1. The number of hydrogen-bond acceptors (Lipinski definition) is 7. The fraction of sp³-hybridized carbons (Fsp3) is 0.409. The number of amides is 1. The topological polar surface area (TPSA) is 104 Å². The van der Waals surface area contributed by atoms with Crippen molar-refractivity contribution in [2.24, 2.45) is 13.0 Å². The fourth-order valence-electron chi connectivity index (χ4n) is 4.27. The van der Waals surface area contributed by atoms with Crippen LogP contribution in [0.1, 0.15) is 25.3 Å². The Morgan fingerprint density at radius 3 is 2.58 bits per heavy atom. The van der Waals surface area contributed by atoms with Crippen molar-refractivity contribution >= 4 is 11.6 Å². The van der Waals surface area contributed by atoms with E-state index in [0.29, 0.717) is 0 Å². The average Bonchev–Trinajstić information content (AvgIpc) is 3.37. The Morgan fingerprint density at radius 1 is 1.25 bits per heavy atom. The minimum Gasteiger partial charge on any atom is -0.493 e. The number of aryl methyl sites for hydroxylation is 1. The molecule has 4 rings (SSSR count). The first-order valence-electron chi connectivity index (χ1n) is 10.6. The summed E-state index contributed by atoms with van der Waals surface area (Å²) < 4.78 is 80.8. The van der Waals surface area contributed by atoms with Gasteiger partial charge in [-0.1, -0.05) is 13.0 Å². The highest BCUT2D eigenvalue weighted by molar-refractivity contribution is 5.95. The number of anilines is 1. The quantitative estimate of drug-likeness (QED) is 0.521. The maximum absolute atomic E-state index is 14.5. The molecule has 1 amide bonds. The molecule has 0 aliphatic carbocycles. The van der Waals surface area contributed by atoms with Gasteiger partial charge in [0.1, 0.15) is 11.8 Å². The molecule has 0 radical (unpaired) electrons. The lowest BCUT2D eigenvalue weighted by atomic mass is 9.77. The van der Waals surface area contributed by atoms with E-state index >= 15 is 0 Å². The monoisotopic (exact) mass is 512 g/mol. The number of ether oxygens (including phenoxy) is 2. The molecule has 14 heteroatoms. The van der Waals surface area contributed by atoms with Gasteiger partial charge in [-0.05, 0) is 30.3 Å². The van der Waals surface area contributed by atoms with Crippen LogP contribution in [-0.2, 0) is 16.6 Å². The molecule has 1 aromatic carbocycles. The third kappa shape index (κ3) is 4.25. The fourth-order valence-corrected chi connectivity index (χ4v) is 4.27. The minimum absolute atomic E-state index is 0.129. The molecule has 3 aromatic rings. The molecule has 2 aromatic heterocycles. The Hall–Kier alpha value is -3.68. The maximum atomic E-state index is 14.5. The van der Waals surface area contributed by atoms with Crippen LogP contribution in [0.5, 0.6) is 5.75 Å². The Morgan fingerprint density at radius 2 is 1.97 bits per heavy atom. The number of nitrogens with one attached hydrogen (secondary N) is 1. The van der Waals surface area contributed by atoms with Crippen molar-refractivity contribution in [2.75, 3.05) is 12.4 Å². The van der Waals surface area contributed by atoms with Crippen LogP contribution in [0.25, 0.3) is 11.5 Å². The molecule has 3 heterocycles. The lowest BCUT2D eigenvalue weighted by Crippen LogP contribution is -2.47. The van der Waals surface area contributed by atoms with Crippen molar-refractivity contribution in [2.45, 2.75) is 37.6 Å². The number of benzene rings is 1. The van der Waals surface area contributed by atoms with E-state index in [2.05, 4.69) is 25.7 Å². The molecule has 192 valence electrons. The second kappa shape index (κ2) is 9.08. The van der Waals surface area contributed by atoms with E-state index < -0.39 is 53.0 Å². The predicted molar refractivity (Wildman–Crippen MR) is 115 cm³/mol. The molecule has 1 fully saturated rings. The zero-order valence-corrected chi connectivity index (χ0v) is 19.5. The van der Waals surface area contributed by atoms with Gasteiger partial charge in [0.2, 0.25) is 11.6 Å². The highest BCUT2D eigenvalue weighted by atomic mass is 19.4. The smallest absolute Gasteiger partial charge is 0.417 e. The number of carbonyl (C=O) groups excluding carboxylic acids is 1. The molecular formula is C22H21F5N6O3. The van der Waals surface area contributed by atoms with Gasteiger partial charge in [-0.25, -0.2) is 4.39 Å². The molecule has 36 heavy (non-hydrogen) atoms. The van der Waals surface area contributed by atoms with Crippen LogP contribution in [0.2, 0.25) is 0 Å². The van der Waals surface area contributed by atoms with E-state index in [4.69, 9.17) is 9.47 Å². The first-order valence-corrected chi connectivity index (χ1v) is 10.6. The molecular weight excluding hydrogens is 491 g/mol. The standard InChI is InChI=1S/C22H21F5N6O3/c1-10-15(12-5-6-13(23)16(24)17(12)35-4)18(36-21(10,2)22(25,26)27)20(34)29-11-7-8-28-14(9-11)19-30-32-33(3)31-19/h5-10,15,18H,1-4H3,(H,28,29,34)/t10-,15-,18+,21+/m1/s1. The van der Waals surface area contributed by atoms with Crippen molar-refractivity contribution in [1.82, 2.24) is 25.2 Å². The zero-order valence-electron chi connectivity index (χ0n) is 19.5. The average molecular weight is 512 g/mol. The van der Waals surface area contributed by atoms with E-state index in [1.54, 1.807) is 7.05 Å². The normalized spacial score (nSPS) is 24.1. The summed E-state index contributed by atoms with van der Waals surface area (Å²) in [6.07, 6.45) is -5.25. The van der Waals surface area contributed by atoms with E-state index in [0.717, 1.165) is 26.2 Å². The number of tetrazole rings is 1. The van der Waals surface area contributed by atoms with Gasteiger partial charge >= 0.3 is 6.18 Å². The van der Waals surface area contributed by atoms with E-state index in [1.165, 1.54) is 30.0 Å². The Balaban J connectivity index is 1.73. The third-order valence-electron chi connectivity index (χ3n) is 6.34. The van der Waals surface area contributed by atoms with Gasteiger partial charge in [-0.2, -0.15) is 22.4 Å². The van der Waals surface area contributed by atoms with E-state index in [1.807, 2.05) is 0 Å². The lowest BCUT2D eigenvalue weighted by Gasteiger charge is -2.32. The summed E-state index contributed by atoms with van der Waals surface area (Å²) in [6.45, 7) is 2.05. The number of halogens is 5. The molecule has 9 nitrogen and oxygen atoms in total. The van der Waals surface area contributed by atoms with Crippen LogP contribution >= 0.6 is 0 Å². The molecule has 1 aliphatic rings. The van der Waals surface area contributed by atoms with Crippen molar-refractivity contribution in [3.63, 3.8) is 0 Å². The lowest BCUT2D eigenvalue weighted by molar-refractivity contribution is -0.272. The second-order valence-electron chi connectivity index (χ2n) is 8.46. The summed E-state index contributed by atoms with van der Waals surface area (Å²) in [5.74, 6) is -6.70. The first kappa shape index (κ1) is 25.4. The molecule has 0 bridgehead atoms. The number of pyridine rings is 1. The number of carbonyl (C=O) groups is 1. The van der Waals surface area contributed by atoms with Crippen LogP contribution in [0, 0.1) is 17.6 Å². The Labute approximate surface area is 201 Å². The molecule has 0 spiro atoms. The highest BCUT2D eigenvalue weighted by Gasteiger charge is 2.65. The van der Waals surface area contributed by atoms with Crippen molar-refractivity contribution < 1.29 is 36.2 Å². The number of nitrogens with zero attached hydrogens (tertiary/aromatic N) is 5. The molecule has 0 unspecified atom stereocenters. The number of aromatic nitrogens is 5. The first-order chi connectivity index (χ1) is 16.9. The summed E-state index contributed by atoms with van der Waals surface area (Å²) in [5, 5.41) is 14.0. The minimum atomic E-state index is -4.87. The highest BCUT2D eigenvalue weighted by Crippen LogP contribution is 2.55. The third-order valence-corrected chi connectivity index (χ3v) is 6.34. The molecule has 1 saturated heterocycles. The summed E-state index contributed by atoms with van der Waals surface area (Å²) >= 11 is 0. The van der Waals surface area contributed by atoms with Gasteiger partial charge < -0.3 is 14.8 Å². The second-order valence-corrected chi connectivity index (χ2v) is 8.46. The Bertz CT molecular complexity index is 1300. The van der Waals surface area contributed by atoms with Gasteiger partial charge in [0, 0.05) is 29.3 Å². The van der Waals surface area contributed by atoms with Crippen LogP contribution in [0.3, 0.4) is 0 Å². The predicted octanol–water partition coefficient (Wildman–Crippen LogP) is 3.64. The van der Waals surface area contributed by atoms with Gasteiger partial charge in [0.25, 0.3) is 5.91 Å². The molecule has 1 N–H and O–H groups in total. The van der Waals surface area contributed by atoms with Gasteiger partial charge in [0.15, 0.2) is 17.2 Å². The van der Waals surface area contributed by atoms with Crippen LogP contribution < -0.4 is 10.1 Å². The van der Waals surface area contributed by atoms with Crippen LogP contribution in [0.4, 0.5) is 27.6 Å². The van der Waals surface area contributed by atoms with Crippen molar-refractivity contribution in [3.8, 4) is 17.3 Å². The molecule has 0 saturated carbocycles. The molecule has 1 aliphatic heterocycles. The number of alkyl halides is 3. The maximum Gasteiger partial charge on any atom is 0.417 e. The largest absolute Gasteiger partial charge is 0.493 e. The SMILES string of the molecule is COc1c([C@@H]2[C@@H](C(=O)Nc3ccnc(-c4nnn(C)n4)c3)O[C@](C)(C(F)(F)F)[C@@H]2C)ccc(F)c1F. The van der Waals surface area contributed by atoms with Crippen LogP contribution in [0.15, 0.2) is 30.5 Å². The summed E-state index contributed by atoms with van der Waals surface area (Å²) in [4.78, 5) is 18.6. The van der Waals surface area contributed by atoms with E-state index in [-0.39, 0.29) is 22.8 Å². The van der Waals surface area contributed by atoms with Crippen molar-refractivity contribution in [3.05, 3.63) is 47.7 Å². The summed E-state index contributed by atoms with van der Waals surface area (Å²) in [6, 6.07) is 4.67. The number of rotatable bonds is 5.